The van der Waals surface area contributed by atoms with Gasteiger partial charge in [0.25, 0.3) is 0 Å². The first-order valence-corrected chi connectivity index (χ1v) is 7.03. The van der Waals surface area contributed by atoms with E-state index >= 15 is 0 Å². The fraction of sp³-hybridized carbons (Fsp3) is 0.467. The van der Waals surface area contributed by atoms with Crippen molar-refractivity contribution in [3.8, 4) is 5.75 Å². The van der Waals surface area contributed by atoms with Gasteiger partial charge >= 0.3 is 5.97 Å². The summed E-state index contributed by atoms with van der Waals surface area (Å²) in [7, 11) is 0. The molecule has 1 saturated carbocycles. The molecule has 4 N–H and O–H groups in total. The van der Waals surface area contributed by atoms with E-state index in [4.69, 9.17) is 10.8 Å². The second kappa shape index (κ2) is 6.58. The molecule has 0 aromatic heterocycles. The van der Waals surface area contributed by atoms with Crippen molar-refractivity contribution in [2.75, 3.05) is 0 Å². The zero-order valence-electron chi connectivity index (χ0n) is 11.7. The van der Waals surface area contributed by atoms with Gasteiger partial charge in [-0.05, 0) is 37.0 Å². The molecule has 1 atom stereocenters. The molecule has 21 heavy (non-hydrogen) atoms. The van der Waals surface area contributed by atoms with Gasteiger partial charge in [-0.3, -0.25) is 9.59 Å². The molecule has 1 aliphatic rings. The minimum atomic E-state index is -0.954. The number of nitrogens with zero attached hydrogens (tertiary/aromatic N) is 1. The zero-order valence-corrected chi connectivity index (χ0v) is 11.7. The number of carboxylic acids is 1. The number of hydrogen-bond donors (Lipinski definition) is 3. The maximum Gasteiger partial charge on any atom is 0.303 e. The first-order valence-electron chi connectivity index (χ1n) is 7.03. The van der Waals surface area contributed by atoms with Crippen LogP contribution in [0.2, 0.25) is 0 Å². The van der Waals surface area contributed by atoms with Crippen LogP contribution in [0.1, 0.15) is 31.2 Å². The highest BCUT2D eigenvalue weighted by atomic mass is 16.4. The summed E-state index contributed by atoms with van der Waals surface area (Å²) in [6.45, 7) is 0.388. The summed E-state index contributed by atoms with van der Waals surface area (Å²) in [4.78, 5) is 24.6. The van der Waals surface area contributed by atoms with Crippen LogP contribution in [-0.2, 0) is 16.1 Å². The number of rotatable bonds is 7. The first-order chi connectivity index (χ1) is 9.97. The summed E-state index contributed by atoms with van der Waals surface area (Å²) in [5.74, 6) is -1.02. The summed E-state index contributed by atoms with van der Waals surface area (Å²) in [5, 5.41) is 18.1. The van der Waals surface area contributed by atoms with Gasteiger partial charge in [-0.15, -0.1) is 0 Å². The molecule has 0 aliphatic heterocycles. The highest BCUT2D eigenvalue weighted by molar-refractivity contribution is 5.82. The van der Waals surface area contributed by atoms with Crippen LogP contribution in [0.4, 0.5) is 0 Å². The van der Waals surface area contributed by atoms with E-state index in [2.05, 4.69) is 0 Å². The number of carbonyl (C=O) groups excluding carboxylic acids is 1. The number of aliphatic carboxylic acids is 1. The Kier molecular flexibility index (Phi) is 4.80. The van der Waals surface area contributed by atoms with Crippen LogP contribution in [-0.4, -0.2) is 39.1 Å². The normalized spacial score (nSPS) is 15.5. The zero-order chi connectivity index (χ0) is 15.4. The topological polar surface area (TPSA) is 104 Å². The molecule has 6 heteroatoms. The third-order valence-electron chi connectivity index (χ3n) is 3.52. The molecule has 0 bridgehead atoms. The number of carbonyl (C=O) groups is 2. The lowest BCUT2D eigenvalue weighted by Gasteiger charge is -2.25. The van der Waals surface area contributed by atoms with E-state index in [0.717, 1.165) is 18.4 Å². The standard InChI is InChI=1S/C15H20N2O4/c16-13(6-7-14(19)20)15(21)17(11-4-5-11)9-10-2-1-3-12(18)8-10/h1-3,8,11,13,18H,4-7,9,16H2,(H,19,20). The molecule has 1 aromatic carbocycles. The van der Waals surface area contributed by atoms with E-state index in [1.165, 1.54) is 0 Å². The fourth-order valence-corrected chi connectivity index (χ4v) is 2.24. The van der Waals surface area contributed by atoms with Crippen LogP contribution < -0.4 is 5.73 Å². The lowest BCUT2D eigenvalue weighted by atomic mass is 10.1. The van der Waals surface area contributed by atoms with Gasteiger partial charge in [0, 0.05) is 19.0 Å². The second-order valence-corrected chi connectivity index (χ2v) is 5.41. The Hall–Kier alpha value is -2.08. The van der Waals surface area contributed by atoms with Crippen molar-refractivity contribution >= 4 is 11.9 Å². The van der Waals surface area contributed by atoms with Crippen LogP contribution in [0.15, 0.2) is 24.3 Å². The van der Waals surface area contributed by atoms with Gasteiger partial charge in [-0.25, -0.2) is 0 Å². The second-order valence-electron chi connectivity index (χ2n) is 5.41. The molecule has 0 radical (unpaired) electrons. The summed E-state index contributed by atoms with van der Waals surface area (Å²) in [5.41, 5.74) is 6.65. The van der Waals surface area contributed by atoms with Crippen molar-refractivity contribution in [2.45, 2.75) is 44.3 Å². The highest BCUT2D eigenvalue weighted by Crippen LogP contribution is 2.29. The van der Waals surface area contributed by atoms with Crippen molar-refractivity contribution < 1.29 is 19.8 Å². The Labute approximate surface area is 123 Å². The van der Waals surface area contributed by atoms with E-state index in [-0.39, 0.29) is 30.5 Å². The van der Waals surface area contributed by atoms with Crippen molar-refractivity contribution in [3.05, 3.63) is 29.8 Å². The molecule has 6 nitrogen and oxygen atoms in total. The van der Waals surface area contributed by atoms with Gasteiger partial charge in [0.2, 0.25) is 5.91 Å². The average Bonchev–Trinajstić information content (AvgIpc) is 3.26. The maximum atomic E-state index is 12.4. The van der Waals surface area contributed by atoms with Gasteiger partial charge in [-0.2, -0.15) is 0 Å². The van der Waals surface area contributed by atoms with Crippen molar-refractivity contribution in [2.24, 2.45) is 5.73 Å². The molecule has 114 valence electrons. The summed E-state index contributed by atoms with van der Waals surface area (Å²) in [6.07, 6.45) is 1.90. The Morgan fingerprint density at radius 1 is 1.38 bits per heavy atom. The number of nitrogens with two attached hydrogens (primary N) is 1. The summed E-state index contributed by atoms with van der Waals surface area (Å²) in [6, 6.07) is 6.14. The molecule has 2 rings (SSSR count). The van der Waals surface area contributed by atoms with E-state index in [0.29, 0.717) is 6.54 Å². The number of carboxylic acid groups (broad SMARTS) is 1. The molecule has 0 saturated heterocycles. The van der Waals surface area contributed by atoms with Crippen LogP contribution in [0.3, 0.4) is 0 Å². The van der Waals surface area contributed by atoms with Crippen LogP contribution in [0, 0.1) is 0 Å². The fourth-order valence-electron chi connectivity index (χ4n) is 2.24. The molecular formula is C15H20N2O4. The lowest BCUT2D eigenvalue weighted by molar-refractivity contribution is -0.138. The number of amides is 1. The van der Waals surface area contributed by atoms with Crippen LogP contribution >= 0.6 is 0 Å². The largest absolute Gasteiger partial charge is 0.508 e. The number of benzene rings is 1. The first kappa shape index (κ1) is 15.3. The predicted octanol–water partition coefficient (Wildman–Crippen LogP) is 1.08. The van der Waals surface area contributed by atoms with E-state index < -0.39 is 12.0 Å². The Bertz CT molecular complexity index is 528. The minimum absolute atomic E-state index is 0.114. The predicted molar refractivity (Wildman–Crippen MR) is 76.5 cm³/mol. The molecule has 1 unspecified atom stereocenters. The molecule has 0 spiro atoms. The number of hydrogen-bond acceptors (Lipinski definition) is 4. The Balaban J connectivity index is 2.01. The molecule has 1 amide bonds. The van der Waals surface area contributed by atoms with E-state index in [1.807, 2.05) is 6.07 Å². The number of phenolic OH excluding ortho intramolecular Hbond substituents is 1. The summed E-state index contributed by atoms with van der Waals surface area (Å²) >= 11 is 0. The van der Waals surface area contributed by atoms with Gasteiger partial charge < -0.3 is 20.8 Å². The molecule has 1 aromatic rings. The van der Waals surface area contributed by atoms with Crippen LogP contribution in [0.5, 0.6) is 5.75 Å². The Morgan fingerprint density at radius 2 is 2.10 bits per heavy atom. The average molecular weight is 292 g/mol. The van der Waals surface area contributed by atoms with Crippen LogP contribution in [0.25, 0.3) is 0 Å². The highest BCUT2D eigenvalue weighted by Gasteiger charge is 2.34. The Morgan fingerprint density at radius 3 is 2.67 bits per heavy atom. The number of phenols is 1. The summed E-state index contributed by atoms with van der Waals surface area (Å²) < 4.78 is 0. The van der Waals surface area contributed by atoms with Gasteiger partial charge in [0.15, 0.2) is 0 Å². The number of aromatic hydroxyl groups is 1. The van der Waals surface area contributed by atoms with Gasteiger partial charge in [0.05, 0.1) is 6.04 Å². The maximum absolute atomic E-state index is 12.4. The molecule has 1 aliphatic carbocycles. The minimum Gasteiger partial charge on any atom is -0.508 e. The van der Waals surface area contributed by atoms with E-state index in [1.54, 1.807) is 23.1 Å². The quantitative estimate of drug-likeness (QED) is 0.697. The SMILES string of the molecule is NC(CCC(=O)O)C(=O)N(Cc1cccc(O)c1)C1CC1. The van der Waals surface area contributed by atoms with Gasteiger partial charge in [-0.1, -0.05) is 12.1 Å². The van der Waals surface area contributed by atoms with Gasteiger partial charge in [0.1, 0.15) is 5.75 Å². The third-order valence-corrected chi connectivity index (χ3v) is 3.52. The van der Waals surface area contributed by atoms with Crippen molar-refractivity contribution in [1.29, 1.82) is 0 Å². The lowest BCUT2D eigenvalue weighted by Crippen LogP contribution is -2.44. The molecular weight excluding hydrogens is 272 g/mol. The van der Waals surface area contributed by atoms with Crippen molar-refractivity contribution in [1.82, 2.24) is 4.90 Å². The molecule has 1 fully saturated rings. The van der Waals surface area contributed by atoms with E-state index in [9.17, 15) is 14.7 Å². The third kappa shape index (κ3) is 4.46. The molecule has 0 heterocycles. The smallest absolute Gasteiger partial charge is 0.303 e. The monoisotopic (exact) mass is 292 g/mol. The van der Waals surface area contributed by atoms with Crippen molar-refractivity contribution in [3.63, 3.8) is 0 Å².